The van der Waals surface area contributed by atoms with Crippen molar-refractivity contribution in [3.8, 4) is 0 Å². The van der Waals surface area contributed by atoms with Gasteiger partial charge in [-0.05, 0) is 36.5 Å². The lowest BCUT2D eigenvalue weighted by Gasteiger charge is -2.21. The van der Waals surface area contributed by atoms with Gasteiger partial charge in [-0.15, -0.1) is 0 Å². The van der Waals surface area contributed by atoms with E-state index >= 15 is 0 Å². The molecule has 1 unspecified atom stereocenters. The lowest BCUT2D eigenvalue weighted by Crippen LogP contribution is -2.32. The van der Waals surface area contributed by atoms with Crippen LogP contribution in [0, 0.1) is 12.8 Å². The van der Waals surface area contributed by atoms with Crippen molar-refractivity contribution >= 4 is 11.6 Å². The molecule has 1 aromatic carbocycles. The van der Waals surface area contributed by atoms with E-state index in [1.165, 1.54) is 11.1 Å². The molecule has 0 aliphatic heterocycles. The van der Waals surface area contributed by atoms with Crippen LogP contribution in [0.25, 0.3) is 0 Å². The normalized spacial score (nSPS) is 13.1. The maximum atomic E-state index is 6.20. The molecular formula is C14H22ClN. The van der Waals surface area contributed by atoms with Crippen LogP contribution < -0.4 is 5.32 Å². The minimum absolute atomic E-state index is 0.567. The van der Waals surface area contributed by atoms with Gasteiger partial charge in [0, 0.05) is 17.6 Å². The Bertz CT molecular complexity index is 334. The topological polar surface area (TPSA) is 12.0 Å². The van der Waals surface area contributed by atoms with Crippen LogP contribution in [0.15, 0.2) is 18.2 Å². The third kappa shape index (κ3) is 3.80. The highest BCUT2D eigenvalue weighted by Gasteiger charge is 2.10. The average Bonchev–Trinajstić information content (AvgIpc) is 2.21. The fourth-order valence-corrected chi connectivity index (χ4v) is 2.19. The van der Waals surface area contributed by atoms with E-state index in [1.807, 2.05) is 6.07 Å². The van der Waals surface area contributed by atoms with Crippen molar-refractivity contribution in [2.24, 2.45) is 5.92 Å². The quantitative estimate of drug-likeness (QED) is 0.813. The first-order valence-corrected chi connectivity index (χ1v) is 6.40. The molecule has 1 atom stereocenters. The van der Waals surface area contributed by atoms with Gasteiger partial charge < -0.3 is 5.32 Å². The molecule has 1 rings (SSSR count). The van der Waals surface area contributed by atoms with Gasteiger partial charge in [-0.3, -0.25) is 0 Å². The van der Waals surface area contributed by atoms with Gasteiger partial charge >= 0.3 is 0 Å². The molecular weight excluding hydrogens is 218 g/mol. The van der Waals surface area contributed by atoms with Crippen LogP contribution in [0.5, 0.6) is 0 Å². The van der Waals surface area contributed by atoms with Gasteiger partial charge in [-0.1, -0.05) is 44.5 Å². The number of rotatable bonds is 5. The summed E-state index contributed by atoms with van der Waals surface area (Å²) in [4.78, 5) is 0. The maximum Gasteiger partial charge on any atom is 0.0453 e. The predicted molar refractivity (Wildman–Crippen MR) is 71.9 cm³/mol. The van der Waals surface area contributed by atoms with Gasteiger partial charge in [0.15, 0.2) is 0 Å². The second-order valence-electron chi connectivity index (χ2n) is 4.73. The Balaban J connectivity index is 2.60. The first kappa shape index (κ1) is 13.5. The number of hydrogen-bond donors (Lipinski definition) is 1. The Hall–Kier alpha value is -0.530. The summed E-state index contributed by atoms with van der Waals surface area (Å²) in [5, 5.41) is 4.43. The van der Waals surface area contributed by atoms with Crippen LogP contribution in [0.4, 0.5) is 0 Å². The molecule has 0 spiro atoms. The standard InChI is InChI=1S/C14H22ClN/c1-5-14(10(2)3)16-9-12-7-6-11(4)8-13(12)15/h6-8,10,14,16H,5,9H2,1-4H3. The average molecular weight is 240 g/mol. The first-order valence-electron chi connectivity index (χ1n) is 6.03. The van der Waals surface area contributed by atoms with Gasteiger partial charge in [0.2, 0.25) is 0 Å². The summed E-state index contributed by atoms with van der Waals surface area (Å²) in [6.45, 7) is 9.63. The minimum Gasteiger partial charge on any atom is -0.310 e. The van der Waals surface area contributed by atoms with E-state index in [2.05, 4.69) is 45.1 Å². The highest BCUT2D eigenvalue weighted by atomic mass is 35.5. The molecule has 0 aromatic heterocycles. The lowest BCUT2D eigenvalue weighted by molar-refractivity contribution is 0.387. The highest BCUT2D eigenvalue weighted by Crippen LogP contribution is 2.18. The van der Waals surface area contributed by atoms with Crippen LogP contribution in [0.1, 0.15) is 38.3 Å². The fraction of sp³-hybridized carbons (Fsp3) is 0.571. The Morgan fingerprint density at radius 3 is 2.50 bits per heavy atom. The first-order chi connectivity index (χ1) is 7.54. The maximum absolute atomic E-state index is 6.20. The van der Waals surface area contributed by atoms with Crippen LogP contribution in [-0.2, 0) is 6.54 Å². The van der Waals surface area contributed by atoms with E-state index in [9.17, 15) is 0 Å². The molecule has 1 aromatic rings. The zero-order chi connectivity index (χ0) is 12.1. The Kier molecular flexibility index (Phi) is 5.30. The Morgan fingerprint density at radius 1 is 1.31 bits per heavy atom. The van der Waals surface area contributed by atoms with E-state index in [1.54, 1.807) is 0 Å². The molecule has 0 heterocycles. The van der Waals surface area contributed by atoms with Gasteiger partial charge in [0.1, 0.15) is 0 Å². The van der Waals surface area contributed by atoms with Crippen molar-refractivity contribution in [3.05, 3.63) is 34.3 Å². The molecule has 0 aliphatic rings. The second kappa shape index (κ2) is 6.27. The van der Waals surface area contributed by atoms with Gasteiger partial charge in [0.25, 0.3) is 0 Å². The molecule has 1 N–H and O–H groups in total. The molecule has 0 fully saturated rings. The summed E-state index contributed by atoms with van der Waals surface area (Å²) in [7, 11) is 0. The van der Waals surface area contributed by atoms with E-state index < -0.39 is 0 Å². The molecule has 0 radical (unpaired) electrons. The number of halogens is 1. The number of nitrogens with one attached hydrogen (secondary N) is 1. The summed E-state index contributed by atoms with van der Waals surface area (Å²) < 4.78 is 0. The summed E-state index contributed by atoms with van der Waals surface area (Å²) in [6.07, 6.45) is 1.15. The number of hydrogen-bond acceptors (Lipinski definition) is 1. The zero-order valence-electron chi connectivity index (χ0n) is 10.7. The molecule has 0 aliphatic carbocycles. The molecule has 1 nitrogen and oxygen atoms in total. The van der Waals surface area contributed by atoms with Crippen molar-refractivity contribution in [1.29, 1.82) is 0 Å². The molecule has 2 heteroatoms. The molecule has 0 amide bonds. The number of benzene rings is 1. The summed E-state index contributed by atoms with van der Waals surface area (Å²) >= 11 is 6.20. The smallest absolute Gasteiger partial charge is 0.0453 e. The van der Waals surface area contributed by atoms with Crippen LogP contribution in [-0.4, -0.2) is 6.04 Å². The third-order valence-electron chi connectivity index (χ3n) is 3.01. The van der Waals surface area contributed by atoms with Crippen LogP contribution in [0.3, 0.4) is 0 Å². The van der Waals surface area contributed by atoms with E-state index in [4.69, 9.17) is 11.6 Å². The van der Waals surface area contributed by atoms with Crippen LogP contribution >= 0.6 is 11.6 Å². The molecule has 90 valence electrons. The van der Waals surface area contributed by atoms with Crippen LogP contribution in [0.2, 0.25) is 5.02 Å². The fourth-order valence-electron chi connectivity index (χ4n) is 1.89. The summed E-state index contributed by atoms with van der Waals surface area (Å²) in [5.74, 6) is 0.661. The van der Waals surface area contributed by atoms with E-state index in [0.717, 1.165) is 18.0 Å². The summed E-state index contributed by atoms with van der Waals surface area (Å²) in [6, 6.07) is 6.81. The second-order valence-corrected chi connectivity index (χ2v) is 5.14. The predicted octanol–water partition coefficient (Wildman–Crippen LogP) is 4.17. The minimum atomic E-state index is 0.567. The summed E-state index contributed by atoms with van der Waals surface area (Å²) in [5.41, 5.74) is 2.40. The van der Waals surface area contributed by atoms with Gasteiger partial charge in [0.05, 0.1) is 0 Å². The Labute approximate surface area is 104 Å². The highest BCUT2D eigenvalue weighted by molar-refractivity contribution is 6.31. The molecule has 0 saturated heterocycles. The van der Waals surface area contributed by atoms with Crippen molar-refractivity contribution in [2.75, 3.05) is 0 Å². The monoisotopic (exact) mass is 239 g/mol. The third-order valence-corrected chi connectivity index (χ3v) is 3.36. The largest absolute Gasteiger partial charge is 0.310 e. The van der Waals surface area contributed by atoms with Gasteiger partial charge in [-0.2, -0.15) is 0 Å². The van der Waals surface area contributed by atoms with E-state index in [-0.39, 0.29) is 0 Å². The van der Waals surface area contributed by atoms with Crippen molar-refractivity contribution in [1.82, 2.24) is 5.32 Å². The molecule has 16 heavy (non-hydrogen) atoms. The van der Waals surface area contributed by atoms with Crippen molar-refractivity contribution in [3.63, 3.8) is 0 Å². The Morgan fingerprint density at radius 2 is 2.00 bits per heavy atom. The SMILES string of the molecule is CCC(NCc1ccc(C)cc1Cl)C(C)C. The van der Waals surface area contributed by atoms with Crippen molar-refractivity contribution in [2.45, 2.75) is 46.7 Å². The lowest BCUT2D eigenvalue weighted by atomic mass is 10.0. The number of aryl methyl sites for hydroxylation is 1. The molecule has 0 saturated carbocycles. The van der Waals surface area contributed by atoms with E-state index in [0.29, 0.717) is 12.0 Å². The van der Waals surface area contributed by atoms with Crippen molar-refractivity contribution < 1.29 is 0 Å². The molecule has 0 bridgehead atoms. The zero-order valence-corrected chi connectivity index (χ0v) is 11.4. The van der Waals surface area contributed by atoms with Gasteiger partial charge in [-0.25, -0.2) is 0 Å².